The molecule has 1 saturated carbocycles. The number of nitrogens with one attached hydrogen (secondary N) is 1. The molecule has 19 heavy (non-hydrogen) atoms. The van der Waals surface area contributed by atoms with Crippen LogP contribution in [0.4, 0.5) is 5.69 Å². The highest BCUT2D eigenvalue weighted by Gasteiger charge is 2.24. The lowest BCUT2D eigenvalue weighted by Gasteiger charge is -2.25. The van der Waals surface area contributed by atoms with Gasteiger partial charge in [-0.1, -0.05) is 11.6 Å². The van der Waals surface area contributed by atoms with E-state index in [1.807, 2.05) is 6.07 Å². The number of benzene rings is 1. The summed E-state index contributed by atoms with van der Waals surface area (Å²) in [5.41, 5.74) is 6.80. The maximum Gasteiger partial charge on any atom is 0.227 e. The number of nitrogens with zero attached hydrogens (tertiary/aromatic N) is 1. The summed E-state index contributed by atoms with van der Waals surface area (Å²) in [5, 5.41) is 12.1. The van der Waals surface area contributed by atoms with E-state index in [0.717, 1.165) is 25.7 Å². The van der Waals surface area contributed by atoms with E-state index in [2.05, 4.69) is 5.32 Å². The smallest absolute Gasteiger partial charge is 0.227 e. The van der Waals surface area contributed by atoms with Gasteiger partial charge in [0.25, 0.3) is 0 Å². The van der Waals surface area contributed by atoms with E-state index >= 15 is 0 Å². The molecule has 0 saturated heterocycles. The summed E-state index contributed by atoms with van der Waals surface area (Å²) in [5.74, 6) is 0.0131. The first-order valence-corrected chi connectivity index (χ1v) is 6.74. The van der Waals surface area contributed by atoms with Gasteiger partial charge in [0.2, 0.25) is 5.91 Å². The molecule has 1 aliphatic rings. The van der Waals surface area contributed by atoms with Crippen molar-refractivity contribution >= 4 is 23.2 Å². The van der Waals surface area contributed by atoms with E-state index in [1.165, 1.54) is 0 Å². The van der Waals surface area contributed by atoms with Crippen molar-refractivity contribution in [2.24, 2.45) is 11.7 Å². The summed E-state index contributed by atoms with van der Waals surface area (Å²) >= 11 is 5.85. The van der Waals surface area contributed by atoms with Crippen LogP contribution in [0, 0.1) is 17.2 Å². The minimum atomic E-state index is -0.00175. The zero-order chi connectivity index (χ0) is 13.8. The molecule has 0 atom stereocenters. The summed E-state index contributed by atoms with van der Waals surface area (Å²) in [4.78, 5) is 12.1. The normalized spacial score (nSPS) is 22.6. The number of halogens is 1. The highest BCUT2D eigenvalue weighted by molar-refractivity contribution is 6.31. The van der Waals surface area contributed by atoms with E-state index in [-0.39, 0.29) is 17.9 Å². The molecule has 0 radical (unpaired) electrons. The summed E-state index contributed by atoms with van der Waals surface area (Å²) in [6.07, 6.45) is 3.43. The molecule has 1 fully saturated rings. The third-order valence-corrected chi connectivity index (χ3v) is 3.83. The summed E-state index contributed by atoms with van der Waals surface area (Å²) in [7, 11) is 0. The molecule has 0 aromatic heterocycles. The van der Waals surface area contributed by atoms with Gasteiger partial charge in [0.15, 0.2) is 0 Å². The van der Waals surface area contributed by atoms with Gasteiger partial charge in [0.05, 0.1) is 10.6 Å². The number of anilines is 1. The van der Waals surface area contributed by atoms with Crippen LogP contribution in [0.5, 0.6) is 0 Å². The second kappa shape index (κ2) is 6.05. The molecule has 1 amide bonds. The number of hydrogen-bond donors (Lipinski definition) is 2. The predicted molar refractivity (Wildman–Crippen MR) is 74.7 cm³/mol. The second-order valence-electron chi connectivity index (χ2n) is 4.91. The van der Waals surface area contributed by atoms with Crippen molar-refractivity contribution in [1.29, 1.82) is 5.26 Å². The molecule has 0 bridgehead atoms. The zero-order valence-electron chi connectivity index (χ0n) is 10.5. The minimum Gasteiger partial charge on any atom is -0.328 e. The number of nitriles is 1. The molecule has 4 nitrogen and oxygen atoms in total. The molecule has 5 heteroatoms. The van der Waals surface area contributed by atoms with Crippen LogP contribution >= 0.6 is 11.6 Å². The van der Waals surface area contributed by atoms with E-state index in [1.54, 1.807) is 18.2 Å². The fourth-order valence-electron chi connectivity index (χ4n) is 2.31. The van der Waals surface area contributed by atoms with Gasteiger partial charge >= 0.3 is 0 Å². The molecular formula is C14H16ClN3O. The van der Waals surface area contributed by atoms with Crippen LogP contribution in [0.3, 0.4) is 0 Å². The van der Waals surface area contributed by atoms with Gasteiger partial charge < -0.3 is 11.1 Å². The Kier molecular flexibility index (Phi) is 4.41. The largest absolute Gasteiger partial charge is 0.328 e. The lowest BCUT2D eigenvalue weighted by molar-refractivity contribution is -0.120. The van der Waals surface area contributed by atoms with Crippen molar-refractivity contribution in [2.75, 3.05) is 5.32 Å². The Bertz CT molecular complexity index is 516. The van der Waals surface area contributed by atoms with E-state index < -0.39 is 0 Å². The standard InChI is InChI=1S/C14H16ClN3O/c15-13-6-5-12(7-10(13)8-16)18-14(19)9-1-3-11(17)4-2-9/h5-7,9,11H,1-4,17H2,(H,18,19). The summed E-state index contributed by atoms with van der Waals surface area (Å²) in [6.45, 7) is 0. The van der Waals surface area contributed by atoms with Gasteiger partial charge in [0, 0.05) is 17.6 Å². The van der Waals surface area contributed by atoms with Crippen LogP contribution < -0.4 is 11.1 Å². The fraction of sp³-hybridized carbons (Fsp3) is 0.429. The number of hydrogen-bond acceptors (Lipinski definition) is 3. The van der Waals surface area contributed by atoms with E-state index in [0.29, 0.717) is 16.3 Å². The summed E-state index contributed by atoms with van der Waals surface area (Å²) in [6, 6.07) is 7.13. The third-order valence-electron chi connectivity index (χ3n) is 3.50. The van der Waals surface area contributed by atoms with Gasteiger partial charge in [-0.15, -0.1) is 0 Å². The average Bonchev–Trinajstić information content (AvgIpc) is 2.41. The van der Waals surface area contributed by atoms with Gasteiger partial charge in [-0.05, 0) is 43.9 Å². The van der Waals surface area contributed by atoms with Gasteiger partial charge in [0.1, 0.15) is 6.07 Å². The van der Waals surface area contributed by atoms with Crippen LogP contribution in [-0.2, 0) is 4.79 Å². The lowest BCUT2D eigenvalue weighted by atomic mass is 9.86. The van der Waals surface area contributed by atoms with E-state index in [9.17, 15) is 4.79 Å². The predicted octanol–water partition coefficient (Wildman–Crippen LogP) is 2.67. The van der Waals surface area contributed by atoms with Crippen molar-refractivity contribution in [3.63, 3.8) is 0 Å². The summed E-state index contributed by atoms with van der Waals surface area (Å²) < 4.78 is 0. The molecule has 3 N–H and O–H groups in total. The third kappa shape index (κ3) is 3.46. The highest BCUT2D eigenvalue weighted by atomic mass is 35.5. The molecule has 2 rings (SSSR count). The average molecular weight is 278 g/mol. The highest BCUT2D eigenvalue weighted by Crippen LogP contribution is 2.25. The van der Waals surface area contributed by atoms with Crippen LogP contribution in [-0.4, -0.2) is 11.9 Å². The number of nitrogens with two attached hydrogens (primary N) is 1. The van der Waals surface area contributed by atoms with E-state index in [4.69, 9.17) is 22.6 Å². The first-order valence-electron chi connectivity index (χ1n) is 6.36. The van der Waals surface area contributed by atoms with Crippen LogP contribution in [0.2, 0.25) is 5.02 Å². The zero-order valence-corrected chi connectivity index (χ0v) is 11.3. The Hall–Kier alpha value is -1.57. The Morgan fingerprint density at radius 2 is 2.05 bits per heavy atom. The van der Waals surface area contributed by atoms with Crippen molar-refractivity contribution in [3.05, 3.63) is 28.8 Å². The minimum absolute atomic E-state index is 0.00175. The molecule has 1 aromatic rings. The lowest BCUT2D eigenvalue weighted by Crippen LogP contribution is -2.32. The molecule has 0 spiro atoms. The number of carbonyl (C=O) groups is 1. The van der Waals surface area contributed by atoms with Crippen LogP contribution in [0.1, 0.15) is 31.2 Å². The maximum atomic E-state index is 12.1. The van der Waals surface area contributed by atoms with Crippen LogP contribution in [0.25, 0.3) is 0 Å². The molecular weight excluding hydrogens is 262 g/mol. The molecule has 0 aliphatic heterocycles. The number of amides is 1. The first kappa shape index (κ1) is 13.9. The molecule has 1 aromatic carbocycles. The Morgan fingerprint density at radius 1 is 1.37 bits per heavy atom. The Balaban J connectivity index is 2.01. The second-order valence-corrected chi connectivity index (χ2v) is 5.31. The van der Waals surface area contributed by atoms with Crippen molar-refractivity contribution < 1.29 is 4.79 Å². The number of rotatable bonds is 2. The SMILES string of the molecule is N#Cc1cc(NC(=O)C2CCC(N)CC2)ccc1Cl. The number of carbonyl (C=O) groups excluding carboxylic acids is 1. The van der Waals surface area contributed by atoms with Gasteiger partial charge in [-0.2, -0.15) is 5.26 Å². The molecule has 1 aliphatic carbocycles. The van der Waals surface area contributed by atoms with Crippen molar-refractivity contribution in [2.45, 2.75) is 31.7 Å². The van der Waals surface area contributed by atoms with Crippen molar-refractivity contribution in [3.8, 4) is 6.07 Å². The maximum absolute atomic E-state index is 12.1. The first-order chi connectivity index (χ1) is 9.10. The van der Waals surface area contributed by atoms with Gasteiger partial charge in [-0.3, -0.25) is 4.79 Å². The Labute approximate surface area is 117 Å². The van der Waals surface area contributed by atoms with Gasteiger partial charge in [-0.25, -0.2) is 0 Å². The van der Waals surface area contributed by atoms with Crippen LogP contribution in [0.15, 0.2) is 18.2 Å². The molecule has 0 heterocycles. The topological polar surface area (TPSA) is 78.9 Å². The quantitative estimate of drug-likeness (QED) is 0.872. The molecule has 100 valence electrons. The fourth-order valence-corrected chi connectivity index (χ4v) is 2.47. The Morgan fingerprint density at radius 3 is 2.68 bits per heavy atom. The monoisotopic (exact) mass is 277 g/mol. The molecule has 0 unspecified atom stereocenters. The van der Waals surface area contributed by atoms with Crippen molar-refractivity contribution in [1.82, 2.24) is 0 Å².